The van der Waals surface area contributed by atoms with Gasteiger partial charge in [-0.15, -0.1) is 5.10 Å². The number of ether oxygens (including phenoxy) is 3. The Hall–Kier alpha value is -3.03. The third-order valence-corrected chi connectivity index (χ3v) is 6.66. The Morgan fingerprint density at radius 2 is 1.67 bits per heavy atom. The molecule has 0 saturated carbocycles. The van der Waals surface area contributed by atoms with Gasteiger partial charge in [-0.3, -0.25) is 0 Å². The number of hydrogen-bond donors (Lipinski definition) is 1. The van der Waals surface area contributed by atoms with Crippen molar-refractivity contribution in [1.29, 1.82) is 0 Å². The maximum atomic E-state index is 6.25. The van der Waals surface area contributed by atoms with Crippen molar-refractivity contribution in [3.63, 3.8) is 0 Å². The third kappa shape index (κ3) is 4.70. The second-order valence-corrected chi connectivity index (χ2v) is 8.65. The fraction of sp³-hybridized carbons (Fsp3) is 0.200. The highest BCUT2D eigenvalue weighted by Gasteiger charge is 2.14. The van der Waals surface area contributed by atoms with E-state index in [-0.39, 0.29) is 0 Å². The topological polar surface area (TPSA) is 65.5 Å². The molecule has 0 amide bonds. The van der Waals surface area contributed by atoms with Crippen LogP contribution in [0.5, 0.6) is 17.2 Å². The van der Waals surface area contributed by atoms with Gasteiger partial charge in [0.2, 0.25) is 0 Å². The first-order chi connectivity index (χ1) is 15.9. The van der Waals surface area contributed by atoms with E-state index in [0.29, 0.717) is 23.1 Å². The summed E-state index contributed by atoms with van der Waals surface area (Å²) in [6.07, 6.45) is 0. The molecular weight excluding hydrogens is 506 g/mol. The van der Waals surface area contributed by atoms with E-state index >= 15 is 0 Å². The molecule has 1 heterocycles. The van der Waals surface area contributed by atoms with Crippen molar-refractivity contribution in [2.75, 3.05) is 26.6 Å². The number of fused-ring (bicyclic) bond motifs is 1. The van der Waals surface area contributed by atoms with Gasteiger partial charge < -0.3 is 19.5 Å². The van der Waals surface area contributed by atoms with Crippen LogP contribution in [0.4, 0.5) is 5.82 Å². The zero-order valence-corrected chi connectivity index (χ0v) is 21.0. The first kappa shape index (κ1) is 23.1. The Morgan fingerprint density at radius 3 is 2.39 bits per heavy atom. The number of nitrogens with one attached hydrogen (secondary N) is 1. The molecule has 0 saturated heterocycles. The largest absolute Gasteiger partial charge is 0.497 e. The third-order valence-electron chi connectivity index (χ3n) is 5.46. The molecule has 0 unspecified atom stereocenters. The Bertz CT molecular complexity index is 1330. The molecule has 6 nitrogen and oxygen atoms in total. The minimum Gasteiger partial charge on any atom is -0.497 e. The Balaban J connectivity index is 1.70. The van der Waals surface area contributed by atoms with Gasteiger partial charge in [-0.05, 0) is 58.7 Å². The molecule has 0 aliphatic heterocycles. The highest BCUT2D eigenvalue weighted by molar-refractivity contribution is 9.10. The van der Waals surface area contributed by atoms with Gasteiger partial charge in [-0.1, -0.05) is 17.7 Å². The molecule has 0 bridgehead atoms. The van der Waals surface area contributed by atoms with E-state index in [4.69, 9.17) is 25.8 Å². The zero-order valence-electron chi connectivity index (χ0n) is 18.7. The van der Waals surface area contributed by atoms with E-state index in [1.807, 2.05) is 43.3 Å². The number of nitrogens with zero attached hydrogens (tertiary/aromatic N) is 2. The van der Waals surface area contributed by atoms with Crippen LogP contribution in [0.15, 0.2) is 53.0 Å². The summed E-state index contributed by atoms with van der Waals surface area (Å²) in [4.78, 5) is 0. The Kier molecular flexibility index (Phi) is 6.91. The smallest absolute Gasteiger partial charge is 0.156 e. The van der Waals surface area contributed by atoms with Gasteiger partial charge in [0.05, 0.1) is 32.0 Å². The molecule has 4 rings (SSSR count). The first-order valence-corrected chi connectivity index (χ1v) is 11.4. The highest BCUT2D eigenvalue weighted by atomic mass is 79.9. The molecule has 0 spiro atoms. The molecule has 0 aliphatic rings. The molecule has 3 aromatic carbocycles. The van der Waals surface area contributed by atoms with Crippen LogP contribution in [0.3, 0.4) is 0 Å². The molecule has 0 fully saturated rings. The summed E-state index contributed by atoms with van der Waals surface area (Å²) in [7, 11) is 4.91. The van der Waals surface area contributed by atoms with Gasteiger partial charge in [-0.25, -0.2) is 0 Å². The second kappa shape index (κ2) is 9.85. The standard InChI is InChI=1S/C25H23BrClN3O3/c1-14-19-9-15(20-11-21(26)22(27)12-24(20)33-4)6-8-18(19)25(30-29-14)28-13-16-5-7-17(31-2)10-23(16)32-3/h5-12H,13H2,1-4H3,(H,28,30). The second-order valence-electron chi connectivity index (χ2n) is 7.39. The van der Waals surface area contributed by atoms with Crippen molar-refractivity contribution in [1.82, 2.24) is 10.2 Å². The van der Waals surface area contributed by atoms with E-state index < -0.39 is 0 Å². The van der Waals surface area contributed by atoms with Gasteiger partial charge in [0.1, 0.15) is 17.2 Å². The summed E-state index contributed by atoms with van der Waals surface area (Å²) in [6, 6.07) is 15.7. The Labute approximate surface area is 206 Å². The molecule has 4 aromatic rings. The van der Waals surface area contributed by atoms with E-state index in [1.165, 1.54) is 0 Å². The van der Waals surface area contributed by atoms with Gasteiger partial charge >= 0.3 is 0 Å². The van der Waals surface area contributed by atoms with E-state index in [9.17, 15) is 0 Å². The number of aryl methyl sites for hydroxylation is 1. The van der Waals surface area contributed by atoms with Crippen LogP contribution in [0.25, 0.3) is 21.9 Å². The fourth-order valence-electron chi connectivity index (χ4n) is 3.68. The summed E-state index contributed by atoms with van der Waals surface area (Å²) < 4.78 is 17.2. The number of rotatable bonds is 7. The number of hydrogen-bond acceptors (Lipinski definition) is 6. The SMILES string of the molecule is COc1ccc(CNc2nnc(C)c3cc(-c4cc(Br)c(Cl)cc4OC)ccc23)c(OC)c1. The van der Waals surface area contributed by atoms with Crippen molar-refractivity contribution < 1.29 is 14.2 Å². The van der Waals surface area contributed by atoms with Crippen molar-refractivity contribution in [3.05, 3.63) is 69.3 Å². The van der Waals surface area contributed by atoms with Crippen LogP contribution >= 0.6 is 27.5 Å². The van der Waals surface area contributed by atoms with Gasteiger partial charge in [0, 0.05) is 45.0 Å². The molecule has 1 aromatic heterocycles. The lowest BCUT2D eigenvalue weighted by Gasteiger charge is -2.15. The first-order valence-electron chi connectivity index (χ1n) is 10.2. The van der Waals surface area contributed by atoms with Crippen LogP contribution in [-0.2, 0) is 6.54 Å². The zero-order chi connectivity index (χ0) is 23.5. The summed E-state index contributed by atoms with van der Waals surface area (Å²) >= 11 is 9.76. The molecule has 1 N–H and O–H groups in total. The van der Waals surface area contributed by atoms with E-state index in [2.05, 4.69) is 37.5 Å². The van der Waals surface area contributed by atoms with Crippen LogP contribution in [-0.4, -0.2) is 31.5 Å². The van der Waals surface area contributed by atoms with Crippen molar-refractivity contribution >= 4 is 44.1 Å². The van der Waals surface area contributed by atoms with Crippen LogP contribution < -0.4 is 19.5 Å². The lowest BCUT2D eigenvalue weighted by atomic mass is 10.00. The molecule has 33 heavy (non-hydrogen) atoms. The summed E-state index contributed by atoms with van der Waals surface area (Å²) in [6.45, 7) is 2.48. The van der Waals surface area contributed by atoms with Crippen LogP contribution in [0.2, 0.25) is 5.02 Å². The number of methoxy groups -OCH3 is 3. The average Bonchev–Trinajstić information content (AvgIpc) is 2.84. The molecular formula is C25H23BrClN3O3. The fourth-order valence-corrected chi connectivity index (χ4v) is 4.18. The summed E-state index contributed by atoms with van der Waals surface area (Å²) in [5.41, 5.74) is 3.76. The lowest BCUT2D eigenvalue weighted by Crippen LogP contribution is -2.06. The number of benzene rings is 3. The van der Waals surface area contributed by atoms with Crippen LogP contribution in [0, 0.1) is 6.92 Å². The maximum Gasteiger partial charge on any atom is 0.156 e. The molecule has 0 atom stereocenters. The Morgan fingerprint density at radius 1 is 0.879 bits per heavy atom. The highest BCUT2D eigenvalue weighted by Crippen LogP contribution is 2.39. The minimum absolute atomic E-state index is 0.527. The monoisotopic (exact) mass is 527 g/mol. The summed E-state index contributed by atoms with van der Waals surface area (Å²) in [5.74, 6) is 2.89. The molecule has 0 aliphatic carbocycles. The predicted molar refractivity (Wildman–Crippen MR) is 136 cm³/mol. The molecule has 8 heteroatoms. The van der Waals surface area contributed by atoms with Crippen molar-refractivity contribution in [2.24, 2.45) is 0 Å². The minimum atomic E-state index is 0.527. The summed E-state index contributed by atoms with van der Waals surface area (Å²) in [5, 5.41) is 14.7. The number of halogens is 2. The van der Waals surface area contributed by atoms with Crippen molar-refractivity contribution in [3.8, 4) is 28.4 Å². The van der Waals surface area contributed by atoms with E-state index in [1.54, 1.807) is 27.4 Å². The van der Waals surface area contributed by atoms with Crippen molar-refractivity contribution in [2.45, 2.75) is 13.5 Å². The number of anilines is 1. The quantitative estimate of drug-likeness (QED) is 0.289. The van der Waals surface area contributed by atoms with Gasteiger partial charge in [-0.2, -0.15) is 5.10 Å². The average molecular weight is 529 g/mol. The predicted octanol–water partition coefficient (Wildman–Crippen LogP) is 6.66. The molecule has 170 valence electrons. The normalized spacial score (nSPS) is 10.8. The maximum absolute atomic E-state index is 6.25. The number of aromatic nitrogens is 2. The lowest BCUT2D eigenvalue weighted by molar-refractivity contribution is 0.391. The van der Waals surface area contributed by atoms with Crippen LogP contribution in [0.1, 0.15) is 11.3 Å². The molecule has 0 radical (unpaired) electrons. The van der Waals surface area contributed by atoms with Gasteiger partial charge in [0.25, 0.3) is 0 Å². The van der Waals surface area contributed by atoms with Gasteiger partial charge in [0.15, 0.2) is 5.82 Å². The van der Waals surface area contributed by atoms with E-state index in [0.717, 1.165) is 49.1 Å².